The number of rotatable bonds is 6. The molecule has 1 heterocycles. The van der Waals surface area contributed by atoms with E-state index in [1.807, 2.05) is 12.1 Å². The van der Waals surface area contributed by atoms with E-state index in [0.29, 0.717) is 11.4 Å². The van der Waals surface area contributed by atoms with Crippen LogP contribution in [0.25, 0.3) is 5.69 Å². The van der Waals surface area contributed by atoms with Crippen LogP contribution in [0.3, 0.4) is 0 Å². The molecule has 0 saturated carbocycles. The Morgan fingerprint density at radius 3 is 2.62 bits per heavy atom. The van der Waals surface area contributed by atoms with Crippen molar-refractivity contribution >= 4 is 11.7 Å². The SMILES string of the molecule is CCOC(=O)COc1ccc(N(O)O)cc1-n1cccc1. The molecule has 2 N–H and O–H groups in total. The highest BCUT2D eigenvalue weighted by Crippen LogP contribution is 2.27. The van der Waals surface area contributed by atoms with Crippen LogP contribution in [-0.2, 0) is 9.53 Å². The molecule has 21 heavy (non-hydrogen) atoms. The maximum atomic E-state index is 11.3. The van der Waals surface area contributed by atoms with Crippen LogP contribution < -0.4 is 9.96 Å². The Labute approximate surface area is 121 Å². The first kappa shape index (κ1) is 14.9. The lowest BCUT2D eigenvalue weighted by Gasteiger charge is -2.15. The summed E-state index contributed by atoms with van der Waals surface area (Å²) in [5, 5.41) is 18.2. The van der Waals surface area contributed by atoms with Gasteiger partial charge in [0.25, 0.3) is 0 Å². The molecule has 0 aliphatic rings. The molecule has 0 saturated heterocycles. The Morgan fingerprint density at radius 2 is 2.00 bits per heavy atom. The van der Waals surface area contributed by atoms with Crippen LogP contribution in [0, 0.1) is 0 Å². The van der Waals surface area contributed by atoms with Gasteiger partial charge < -0.3 is 14.0 Å². The van der Waals surface area contributed by atoms with E-state index in [0.717, 1.165) is 0 Å². The number of hydrogen-bond acceptors (Lipinski definition) is 6. The van der Waals surface area contributed by atoms with Crippen molar-refractivity contribution in [3.63, 3.8) is 0 Å². The average Bonchev–Trinajstić information content (AvgIpc) is 2.99. The van der Waals surface area contributed by atoms with E-state index >= 15 is 0 Å². The second-order valence-corrected chi connectivity index (χ2v) is 4.13. The van der Waals surface area contributed by atoms with Crippen LogP contribution in [-0.4, -0.2) is 34.2 Å². The van der Waals surface area contributed by atoms with Gasteiger partial charge in [0, 0.05) is 12.4 Å². The third kappa shape index (κ3) is 3.74. The number of hydrogen-bond donors (Lipinski definition) is 2. The monoisotopic (exact) mass is 292 g/mol. The van der Waals surface area contributed by atoms with Gasteiger partial charge in [0.1, 0.15) is 5.75 Å². The second-order valence-electron chi connectivity index (χ2n) is 4.13. The maximum Gasteiger partial charge on any atom is 0.344 e. The van der Waals surface area contributed by atoms with E-state index in [4.69, 9.17) is 19.9 Å². The third-order valence-corrected chi connectivity index (χ3v) is 2.71. The highest BCUT2D eigenvalue weighted by atomic mass is 16.8. The molecule has 2 rings (SSSR count). The highest BCUT2D eigenvalue weighted by molar-refractivity contribution is 5.71. The number of anilines is 1. The Balaban J connectivity index is 2.25. The summed E-state index contributed by atoms with van der Waals surface area (Å²) < 4.78 is 12.0. The summed E-state index contributed by atoms with van der Waals surface area (Å²) in [6.45, 7) is 1.79. The minimum absolute atomic E-state index is 0.0160. The minimum Gasteiger partial charge on any atom is -0.480 e. The molecule has 0 aliphatic carbocycles. The Hall–Kier alpha value is -2.51. The molecular weight excluding hydrogens is 276 g/mol. The number of esters is 1. The van der Waals surface area contributed by atoms with E-state index in [9.17, 15) is 4.79 Å². The first-order valence-electron chi connectivity index (χ1n) is 6.35. The lowest BCUT2D eigenvalue weighted by Crippen LogP contribution is -2.16. The number of carbonyl (C=O) groups excluding carboxylic acids is 1. The molecule has 7 nitrogen and oxygen atoms in total. The van der Waals surface area contributed by atoms with Crippen LogP contribution in [0.15, 0.2) is 42.7 Å². The fourth-order valence-electron chi connectivity index (χ4n) is 1.79. The molecule has 0 unspecified atom stereocenters. The van der Waals surface area contributed by atoms with Crippen molar-refractivity contribution in [1.82, 2.24) is 4.57 Å². The zero-order valence-electron chi connectivity index (χ0n) is 11.5. The summed E-state index contributed by atoms with van der Waals surface area (Å²) in [6.07, 6.45) is 3.55. The average molecular weight is 292 g/mol. The van der Waals surface area contributed by atoms with Crippen LogP contribution in [0.2, 0.25) is 0 Å². The standard InChI is InChI=1S/C14H16N2O5/c1-2-20-14(17)10-21-13-6-5-11(16(18)19)9-12(13)15-7-3-4-8-15/h3-9,18-19H,2,10H2,1H3. The number of benzene rings is 1. The van der Waals surface area contributed by atoms with Gasteiger partial charge in [-0.3, -0.25) is 10.4 Å². The number of aromatic nitrogens is 1. The van der Waals surface area contributed by atoms with E-state index in [1.165, 1.54) is 12.1 Å². The van der Waals surface area contributed by atoms with E-state index in [1.54, 1.807) is 30.0 Å². The smallest absolute Gasteiger partial charge is 0.344 e. The fourth-order valence-corrected chi connectivity index (χ4v) is 1.79. The zero-order valence-corrected chi connectivity index (χ0v) is 11.5. The molecular formula is C14H16N2O5. The number of carbonyl (C=O) groups is 1. The molecule has 2 aromatic rings. The van der Waals surface area contributed by atoms with E-state index < -0.39 is 5.97 Å². The van der Waals surface area contributed by atoms with Gasteiger partial charge in [-0.2, -0.15) is 0 Å². The molecule has 1 aromatic carbocycles. The summed E-state index contributed by atoms with van der Waals surface area (Å²) in [7, 11) is 0. The van der Waals surface area contributed by atoms with Gasteiger partial charge in [0.05, 0.1) is 18.0 Å². The van der Waals surface area contributed by atoms with Crippen molar-refractivity contribution in [3.8, 4) is 11.4 Å². The molecule has 0 bridgehead atoms. The Bertz CT molecular complexity index is 595. The van der Waals surface area contributed by atoms with Gasteiger partial charge in [0.15, 0.2) is 6.61 Å². The molecule has 0 fully saturated rings. The molecule has 0 aliphatic heterocycles. The number of ether oxygens (including phenoxy) is 2. The first-order valence-corrected chi connectivity index (χ1v) is 6.35. The zero-order chi connectivity index (χ0) is 15.2. The van der Waals surface area contributed by atoms with Crippen LogP contribution in [0.1, 0.15) is 6.92 Å². The van der Waals surface area contributed by atoms with Gasteiger partial charge in [-0.05, 0) is 37.3 Å². The lowest BCUT2D eigenvalue weighted by atomic mass is 10.2. The Kier molecular flexibility index (Phi) is 4.81. The summed E-state index contributed by atoms with van der Waals surface area (Å²) in [5.41, 5.74) is 0.733. The van der Waals surface area contributed by atoms with Crippen molar-refractivity contribution < 1.29 is 24.7 Å². The lowest BCUT2D eigenvalue weighted by molar-refractivity contribution is -0.145. The van der Waals surface area contributed by atoms with Crippen LogP contribution in [0.4, 0.5) is 5.69 Å². The molecule has 0 radical (unpaired) electrons. The van der Waals surface area contributed by atoms with E-state index in [-0.39, 0.29) is 24.1 Å². The van der Waals surface area contributed by atoms with Crippen molar-refractivity contribution in [2.45, 2.75) is 6.92 Å². The molecule has 0 amide bonds. The van der Waals surface area contributed by atoms with Gasteiger partial charge in [-0.15, -0.1) is 5.23 Å². The topological polar surface area (TPSA) is 84.2 Å². The van der Waals surface area contributed by atoms with Crippen LogP contribution >= 0.6 is 0 Å². The number of nitrogens with zero attached hydrogens (tertiary/aromatic N) is 2. The summed E-state index contributed by atoms with van der Waals surface area (Å²) in [4.78, 5) is 11.3. The minimum atomic E-state index is -0.467. The predicted molar refractivity (Wildman–Crippen MR) is 73.9 cm³/mol. The van der Waals surface area contributed by atoms with Crippen molar-refractivity contribution in [3.05, 3.63) is 42.7 Å². The molecule has 0 atom stereocenters. The van der Waals surface area contributed by atoms with Crippen molar-refractivity contribution in [2.75, 3.05) is 18.4 Å². The Morgan fingerprint density at radius 1 is 1.29 bits per heavy atom. The van der Waals surface area contributed by atoms with Gasteiger partial charge >= 0.3 is 5.97 Å². The van der Waals surface area contributed by atoms with Crippen LogP contribution in [0.5, 0.6) is 5.75 Å². The van der Waals surface area contributed by atoms with Gasteiger partial charge in [-0.1, -0.05) is 0 Å². The van der Waals surface area contributed by atoms with Gasteiger partial charge in [0.2, 0.25) is 0 Å². The largest absolute Gasteiger partial charge is 0.480 e. The summed E-state index contributed by atoms with van der Waals surface area (Å²) in [6, 6.07) is 8.15. The summed E-state index contributed by atoms with van der Waals surface area (Å²) in [5.74, 6) is -0.0455. The third-order valence-electron chi connectivity index (χ3n) is 2.71. The maximum absolute atomic E-state index is 11.3. The quantitative estimate of drug-likeness (QED) is 0.626. The highest BCUT2D eigenvalue weighted by Gasteiger charge is 2.11. The molecule has 0 spiro atoms. The fraction of sp³-hybridized carbons (Fsp3) is 0.214. The molecule has 7 heteroatoms. The normalized spacial score (nSPS) is 10.2. The van der Waals surface area contributed by atoms with Crippen molar-refractivity contribution in [1.29, 1.82) is 0 Å². The molecule has 1 aromatic heterocycles. The molecule has 112 valence electrons. The van der Waals surface area contributed by atoms with Gasteiger partial charge in [-0.25, -0.2) is 4.79 Å². The second kappa shape index (κ2) is 6.78. The summed E-state index contributed by atoms with van der Waals surface area (Å²) >= 11 is 0. The van der Waals surface area contributed by atoms with Crippen molar-refractivity contribution in [2.24, 2.45) is 0 Å². The first-order chi connectivity index (χ1) is 10.1. The predicted octanol–water partition coefficient (Wildman–Crippen LogP) is 2.00. The van der Waals surface area contributed by atoms with E-state index in [2.05, 4.69) is 0 Å².